The van der Waals surface area contributed by atoms with Crippen LogP contribution in [0.2, 0.25) is 13.1 Å². The Bertz CT molecular complexity index is 620. The van der Waals surface area contributed by atoms with Gasteiger partial charge in [-0.15, -0.1) is 0 Å². The molecule has 0 aliphatic heterocycles. The van der Waals surface area contributed by atoms with Gasteiger partial charge in [-0.3, -0.25) is 4.98 Å². The standard InChI is InChI=1S/C16H22BrNOSi/c1-16(2,3)13-8-9-14(17)12-7-6-11(18-15(12)13)10-19-20(4)5/h6-9,20H,10H2,1-5H3. The molecule has 0 fully saturated rings. The fraction of sp³-hybridized carbons (Fsp3) is 0.438. The van der Waals surface area contributed by atoms with Gasteiger partial charge in [-0.25, -0.2) is 0 Å². The number of aromatic nitrogens is 1. The molecule has 0 N–H and O–H groups in total. The van der Waals surface area contributed by atoms with E-state index in [1.54, 1.807) is 0 Å². The van der Waals surface area contributed by atoms with Crippen LogP contribution in [-0.2, 0) is 16.4 Å². The van der Waals surface area contributed by atoms with Gasteiger partial charge in [-0.1, -0.05) is 42.8 Å². The fourth-order valence-electron chi connectivity index (χ4n) is 2.16. The molecule has 4 heteroatoms. The van der Waals surface area contributed by atoms with Gasteiger partial charge in [0.1, 0.15) is 0 Å². The van der Waals surface area contributed by atoms with E-state index in [0.29, 0.717) is 6.61 Å². The van der Waals surface area contributed by atoms with Crippen molar-refractivity contribution >= 4 is 35.9 Å². The molecule has 108 valence electrons. The minimum Gasteiger partial charge on any atom is -0.415 e. The molecule has 2 aromatic rings. The smallest absolute Gasteiger partial charge is 0.171 e. The average Bonchev–Trinajstić information content (AvgIpc) is 2.35. The number of benzene rings is 1. The number of rotatable bonds is 3. The van der Waals surface area contributed by atoms with Crippen molar-refractivity contribution in [3.63, 3.8) is 0 Å². The zero-order valence-corrected chi connectivity index (χ0v) is 15.6. The second-order valence-electron chi connectivity index (χ2n) is 6.40. The Morgan fingerprint density at radius 1 is 1.15 bits per heavy atom. The quantitative estimate of drug-likeness (QED) is 0.741. The van der Waals surface area contributed by atoms with Crippen molar-refractivity contribution < 1.29 is 4.43 Å². The molecule has 0 atom stereocenters. The Labute approximate surface area is 131 Å². The molecule has 0 spiro atoms. The molecular weight excluding hydrogens is 330 g/mol. The summed E-state index contributed by atoms with van der Waals surface area (Å²) in [6.45, 7) is 11.6. The number of pyridine rings is 1. The summed E-state index contributed by atoms with van der Waals surface area (Å²) in [6.07, 6.45) is 0. The predicted octanol–water partition coefficient (Wildman–Crippen LogP) is 4.79. The lowest BCUT2D eigenvalue weighted by Gasteiger charge is -2.21. The minimum atomic E-state index is -1.01. The van der Waals surface area contributed by atoms with E-state index in [0.717, 1.165) is 15.7 Å². The first kappa shape index (κ1) is 15.7. The van der Waals surface area contributed by atoms with Gasteiger partial charge in [0.15, 0.2) is 9.04 Å². The zero-order chi connectivity index (χ0) is 14.9. The molecule has 0 saturated carbocycles. The van der Waals surface area contributed by atoms with Gasteiger partial charge in [0, 0.05) is 9.86 Å². The van der Waals surface area contributed by atoms with Gasteiger partial charge in [0.2, 0.25) is 0 Å². The van der Waals surface area contributed by atoms with Crippen LogP contribution in [0.25, 0.3) is 10.9 Å². The summed E-state index contributed by atoms with van der Waals surface area (Å²) >= 11 is 3.62. The first-order valence-electron chi connectivity index (χ1n) is 6.99. The summed E-state index contributed by atoms with van der Waals surface area (Å²) in [5.41, 5.74) is 3.46. The van der Waals surface area contributed by atoms with Gasteiger partial charge in [-0.2, -0.15) is 0 Å². The molecule has 0 amide bonds. The third kappa shape index (κ3) is 3.48. The highest BCUT2D eigenvalue weighted by atomic mass is 79.9. The maximum absolute atomic E-state index is 5.80. The first-order chi connectivity index (χ1) is 9.29. The van der Waals surface area contributed by atoms with E-state index >= 15 is 0 Å². The second-order valence-corrected chi connectivity index (χ2v) is 9.69. The molecule has 20 heavy (non-hydrogen) atoms. The van der Waals surface area contributed by atoms with Crippen molar-refractivity contribution in [2.24, 2.45) is 0 Å². The topological polar surface area (TPSA) is 22.1 Å². The van der Waals surface area contributed by atoms with E-state index in [9.17, 15) is 0 Å². The molecule has 1 heterocycles. The Balaban J connectivity index is 2.53. The van der Waals surface area contributed by atoms with Gasteiger partial charge >= 0.3 is 0 Å². The summed E-state index contributed by atoms with van der Waals surface area (Å²) in [4.78, 5) is 4.84. The van der Waals surface area contributed by atoms with Crippen molar-refractivity contribution in [1.82, 2.24) is 4.98 Å². The van der Waals surface area contributed by atoms with Crippen LogP contribution in [0, 0.1) is 0 Å². The van der Waals surface area contributed by atoms with Crippen LogP contribution in [0.5, 0.6) is 0 Å². The molecule has 1 aromatic carbocycles. The van der Waals surface area contributed by atoms with E-state index in [1.807, 2.05) is 0 Å². The van der Waals surface area contributed by atoms with Gasteiger partial charge in [0.05, 0.1) is 17.8 Å². The molecule has 0 unspecified atom stereocenters. The maximum atomic E-state index is 5.80. The first-order valence-corrected chi connectivity index (χ1v) is 10.6. The molecule has 0 bridgehead atoms. The highest BCUT2D eigenvalue weighted by molar-refractivity contribution is 9.10. The molecule has 2 rings (SSSR count). The van der Waals surface area contributed by atoms with Gasteiger partial charge < -0.3 is 4.43 Å². The number of hydrogen-bond donors (Lipinski definition) is 0. The van der Waals surface area contributed by atoms with E-state index in [4.69, 9.17) is 9.41 Å². The number of fused-ring (bicyclic) bond motifs is 1. The predicted molar refractivity (Wildman–Crippen MR) is 91.8 cm³/mol. The largest absolute Gasteiger partial charge is 0.415 e. The van der Waals surface area contributed by atoms with E-state index in [1.165, 1.54) is 10.9 Å². The summed E-state index contributed by atoms with van der Waals surface area (Å²) in [5, 5.41) is 1.17. The summed E-state index contributed by atoms with van der Waals surface area (Å²) in [5.74, 6) is 0. The number of nitrogens with zero attached hydrogens (tertiary/aromatic N) is 1. The maximum Gasteiger partial charge on any atom is 0.171 e. The summed E-state index contributed by atoms with van der Waals surface area (Å²) in [6, 6.07) is 8.49. The van der Waals surface area contributed by atoms with Crippen LogP contribution in [0.3, 0.4) is 0 Å². The van der Waals surface area contributed by atoms with Crippen LogP contribution >= 0.6 is 15.9 Å². The number of halogens is 1. The van der Waals surface area contributed by atoms with Crippen LogP contribution in [0.4, 0.5) is 0 Å². The Morgan fingerprint density at radius 3 is 2.45 bits per heavy atom. The van der Waals surface area contributed by atoms with Gasteiger partial charge in [-0.05, 0) is 42.3 Å². The Hall–Kier alpha value is -0.713. The fourth-order valence-corrected chi connectivity index (χ4v) is 3.12. The SMILES string of the molecule is C[SiH](C)OCc1ccc2c(Br)ccc(C(C)(C)C)c2n1. The van der Waals surface area contributed by atoms with Crippen molar-refractivity contribution in [1.29, 1.82) is 0 Å². The van der Waals surface area contributed by atoms with Crippen molar-refractivity contribution in [2.75, 3.05) is 0 Å². The van der Waals surface area contributed by atoms with Crippen LogP contribution in [-0.4, -0.2) is 14.0 Å². The van der Waals surface area contributed by atoms with E-state index in [-0.39, 0.29) is 5.41 Å². The monoisotopic (exact) mass is 351 g/mol. The Kier molecular flexibility index (Phi) is 4.67. The van der Waals surface area contributed by atoms with Crippen molar-refractivity contribution in [2.45, 2.75) is 45.9 Å². The van der Waals surface area contributed by atoms with E-state index in [2.05, 4.69) is 74.1 Å². The summed E-state index contributed by atoms with van der Waals surface area (Å²) in [7, 11) is -1.01. The van der Waals surface area contributed by atoms with Gasteiger partial charge in [0.25, 0.3) is 0 Å². The third-order valence-corrected chi connectivity index (χ3v) is 4.76. The Morgan fingerprint density at radius 2 is 1.85 bits per heavy atom. The normalized spacial score (nSPS) is 12.3. The molecule has 0 saturated heterocycles. The second kappa shape index (κ2) is 5.96. The number of hydrogen-bond acceptors (Lipinski definition) is 2. The minimum absolute atomic E-state index is 0.0816. The van der Waals surface area contributed by atoms with Crippen molar-refractivity contribution in [3.05, 3.63) is 40.0 Å². The lowest BCUT2D eigenvalue weighted by atomic mass is 9.85. The highest BCUT2D eigenvalue weighted by Crippen LogP contribution is 2.33. The van der Waals surface area contributed by atoms with E-state index < -0.39 is 9.04 Å². The zero-order valence-electron chi connectivity index (χ0n) is 12.8. The lowest BCUT2D eigenvalue weighted by molar-refractivity contribution is 0.310. The van der Waals surface area contributed by atoms with Crippen LogP contribution in [0.15, 0.2) is 28.7 Å². The molecular formula is C16H22BrNOSi. The summed E-state index contributed by atoms with van der Waals surface area (Å²) < 4.78 is 6.89. The lowest BCUT2D eigenvalue weighted by Crippen LogP contribution is -2.13. The molecule has 0 radical (unpaired) electrons. The molecule has 0 aliphatic carbocycles. The average molecular weight is 352 g/mol. The molecule has 1 aromatic heterocycles. The highest BCUT2D eigenvalue weighted by Gasteiger charge is 2.19. The molecule has 0 aliphatic rings. The third-order valence-electron chi connectivity index (χ3n) is 3.23. The van der Waals surface area contributed by atoms with Crippen LogP contribution < -0.4 is 0 Å². The molecule has 2 nitrogen and oxygen atoms in total. The van der Waals surface area contributed by atoms with Crippen LogP contribution in [0.1, 0.15) is 32.0 Å². The van der Waals surface area contributed by atoms with Crippen molar-refractivity contribution in [3.8, 4) is 0 Å².